The number of unbranched alkanes of at least 4 members (excludes halogenated alkanes) is 7. The predicted molar refractivity (Wildman–Crippen MR) is 142 cm³/mol. The summed E-state index contributed by atoms with van der Waals surface area (Å²) >= 11 is 0. The maximum atomic E-state index is 2.37. The maximum absolute atomic E-state index is 2.37. The van der Waals surface area contributed by atoms with Crippen molar-refractivity contribution < 1.29 is 0 Å². The topological polar surface area (TPSA) is 0 Å². The van der Waals surface area contributed by atoms with Gasteiger partial charge < -0.3 is 0 Å². The fourth-order valence-electron chi connectivity index (χ4n) is 5.25. The van der Waals surface area contributed by atoms with Crippen molar-refractivity contribution in [2.24, 2.45) is 0 Å². The largest absolute Gasteiger partial charge is 0.224 e. The molecule has 0 radical (unpaired) electrons. The van der Waals surface area contributed by atoms with E-state index in [1.54, 1.807) is 0 Å². The average molecular weight is 429 g/mol. The lowest BCUT2D eigenvalue weighted by Crippen LogP contribution is -2.48. The van der Waals surface area contributed by atoms with Gasteiger partial charge in [0.1, 0.15) is 23.1 Å². The monoisotopic (exact) mass is 428 g/mol. The third kappa shape index (κ3) is 5.90. The first-order chi connectivity index (χ1) is 15.8. The van der Waals surface area contributed by atoms with Crippen LogP contribution in [-0.4, -0.2) is 6.04 Å². The molecule has 0 spiro atoms. The summed E-state index contributed by atoms with van der Waals surface area (Å²) in [6.45, 7) is 4.67. The Morgan fingerprint density at radius 2 is 0.875 bits per heavy atom. The number of hydrogen-bond donors (Lipinski definition) is 0. The van der Waals surface area contributed by atoms with E-state index in [4.69, 9.17) is 0 Å². The van der Waals surface area contributed by atoms with Crippen molar-refractivity contribution >= 4 is 17.1 Å². The maximum Gasteiger partial charge on any atom is 0.143 e. The van der Waals surface area contributed by atoms with Crippen LogP contribution >= 0.6 is 0 Å². The third-order valence-electron chi connectivity index (χ3n) is 6.90. The Balaban J connectivity index is 1.89. The van der Waals surface area contributed by atoms with E-state index in [-0.39, 0.29) is 0 Å². The fourth-order valence-corrected chi connectivity index (χ4v) is 5.25. The van der Waals surface area contributed by atoms with Gasteiger partial charge in [-0.1, -0.05) is 113 Å². The Morgan fingerprint density at radius 1 is 0.500 bits per heavy atom. The van der Waals surface area contributed by atoms with Gasteiger partial charge in [0.15, 0.2) is 0 Å². The minimum Gasteiger partial charge on any atom is -0.224 e. The molecule has 0 amide bonds. The molecule has 0 aliphatic rings. The fraction of sp³-hybridized carbons (Fsp3) is 0.419. The number of nitrogens with zero attached hydrogens (tertiary/aromatic N) is 1. The molecule has 0 fully saturated rings. The van der Waals surface area contributed by atoms with Crippen LogP contribution in [0, 0.1) is 0 Å². The minimum atomic E-state index is 0.502. The molecule has 3 rings (SSSR count). The molecule has 0 N–H and O–H groups in total. The van der Waals surface area contributed by atoms with E-state index in [1.165, 1.54) is 74.8 Å². The van der Waals surface area contributed by atoms with Gasteiger partial charge in [0.05, 0.1) is 0 Å². The number of quaternary nitrogens is 1. The van der Waals surface area contributed by atoms with Crippen molar-refractivity contribution in [3.05, 3.63) is 91.0 Å². The van der Waals surface area contributed by atoms with Crippen molar-refractivity contribution in [3.63, 3.8) is 0 Å². The zero-order valence-electron chi connectivity index (χ0n) is 20.3. The highest BCUT2D eigenvalue weighted by Crippen LogP contribution is 2.47. The third-order valence-corrected chi connectivity index (χ3v) is 6.90. The second-order valence-electron chi connectivity index (χ2n) is 9.05. The molecule has 0 saturated carbocycles. The molecule has 0 aliphatic heterocycles. The van der Waals surface area contributed by atoms with Gasteiger partial charge in [0, 0.05) is 6.42 Å². The van der Waals surface area contributed by atoms with Crippen LogP contribution in [0.3, 0.4) is 0 Å². The van der Waals surface area contributed by atoms with E-state index in [1.807, 2.05) is 0 Å². The molecule has 0 heterocycles. The van der Waals surface area contributed by atoms with Crippen molar-refractivity contribution in [2.75, 3.05) is 0 Å². The van der Waals surface area contributed by atoms with Crippen molar-refractivity contribution in [1.82, 2.24) is 4.48 Å². The standard InChI is InChI=1S/C31H42N/c1-3-5-6-7-8-9-10-14-21-28(4-2)32(29-22-15-11-16-23-29,30-24-17-12-18-25-30)31-26-19-13-20-27-31/h11-13,15-20,22-28H,3-10,14,21H2,1-2H3/q+1. The molecule has 170 valence electrons. The molecule has 1 nitrogen and oxygen atoms in total. The molecule has 3 aromatic rings. The molecule has 1 atom stereocenters. The van der Waals surface area contributed by atoms with Crippen LogP contribution in [0.5, 0.6) is 0 Å². The van der Waals surface area contributed by atoms with Crippen molar-refractivity contribution in [3.8, 4) is 0 Å². The first kappa shape index (κ1) is 24.3. The smallest absolute Gasteiger partial charge is 0.143 e. The molecule has 0 bridgehead atoms. The van der Waals surface area contributed by atoms with Gasteiger partial charge in [-0.05, 0) is 49.2 Å². The van der Waals surface area contributed by atoms with Crippen LogP contribution in [0.2, 0.25) is 0 Å². The van der Waals surface area contributed by atoms with E-state index >= 15 is 0 Å². The van der Waals surface area contributed by atoms with Gasteiger partial charge in [0.2, 0.25) is 0 Å². The number of para-hydroxylation sites is 3. The van der Waals surface area contributed by atoms with Gasteiger partial charge in [-0.25, -0.2) is 4.48 Å². The highest BCUT2D eigenvalue weighted by Gasteiger charge is 2.42. The summed E-state index contributed by atoms with van der Waals surface area (Å²) in [5.74, 6) is 0. The van der Waals surface area contributed by atoms with E-state index < -0.39 is 0 Å². The Kier molecular flexibility index (Phi) is 10.0. The number of benzene rings is 3. The molecule has 0 saturated heterocycles. The lowest BCUT2D eigenvalue weighted by molar-refractivity contribution is 0.337. The lowest BCUT2D eigenvalue weighted by atomic mass is 9.96. The van der Waals surface area contributed by atoms with Crippen LogP contribution in [0.15, 0.2) is 91.0 Å². The molecule has 3 aromatic carbocycles. The normalized spacial score (nSPS) is 12.6. The predicted octanol–water partition coefficient (Wildman–Crippen LogP) is 9.97. The summed E-state index contributed by atoms with van der Waals surface area (Å²) in [7, 11) is 0. The minimum absolute atomic E-state index is 0.502. The average Bonchev–Trinajstić information content (AvgIpc) is 2.87. The van der Waals surface area contributed by atoms with Gasteiger partial charge in [-0.2, -0.15) is 0 Å². The Morgan fingerprint density at radius 3 is 1.25 bits per heavy atom. The van der Waals surface area contributed by atoms with Gasteiger partial charge in [-0.3, -0.25) is 0 Å². The zero-order chi connectivity index (χ0) is 22.5. The molecular formula is C31H42N+. The van der Waals surface area contributed by atoms with Gasteiger partial charge in [-0.15, -0.1) is 0 Å². The summed E-state index contributed by atoms with van der Waals surface area (Å²) in [4.78, 5) is 0. The number of hydrogen-bond acceptors (Lipinski definition) is 0. The van der Waals surface area contributed by atoms with E-state index in [2.05, 4.69) is 105 Å². The Hall–Kier alpha value is -2.38. The van der Waals surface area contributed by atoms with Crippen LogP contribution in [0.25, 0.3) is 0 Å². The van der Waals surface area contributed by atoms with Crippen LogP contribution in [-0.2, 0) is 0 Å². The second kappa shape index (κ2) is 13.2. The van der Waals surface area contributed by atoms with Crippen molar-refractivity contribution in [1.29, 1.82) is 0 Å². The first-order valence-corrected chi connectivity index (χ1v) is 12.9. The highest BCUT2D eigenvalue weighted by molar-refractivity contribution is 5.71. The van der Waals surface area contributed by atoms with Crippen LogP contribution in [0.1, 0.15) is 78.1 Å². The van der Waals surface area contributed by atoms with Gasteiger partial charge in [0.25, 0.3) is 0 Å². The molecule has 0 aromatic heterocycles. The SMILES string of the molecule is CCCCCCCCCCC(CC)[N+](c1ccccc1)(c1ccccc1)c1ccccc1. The summed E-state index contributed by atoms with van der Waals surface area (Å²) in [5.41, 5.74) is 4.07. The number of rotatable bonds is 14. The lowest BCUT2D eigenvalue weighted by Gasteiger charge is -2.43. The molecular weight excluding hydrogens is 386 g/mol. The zero-order valence-corrected chi connectivity index (χ0v) is 20.3. The second-order valence-corrected chi connectivity index (χ2v) is 9.05. The highest BCUT2D eigenvalue weighted by atomic mass is 15.4. The van der Waals surface area contributed by atoms with Crippen molar-refractivity contribution in [2.45, 2.75) is 84.1 Å². The van der Waals surface area contributed by atoms with E-state index in [0.717, 1.165) is 10.9 Å². The summed E-state index contributed by atoms with van der Waals surface area (Å²) < 4.78 is 0.801. The van der Waals surface area contributed by atoms with Crippen LogP contribution < -0.4 is 4.48 Å². The van der Waals surface area contributed by atoms with E-state index in [0.29, 0.717) is 6.04 Å². The first-order valence-electron chi connectivity index (χ1n) is 12.9. The molecule has 1 unspecified atom stereocenters. The van der Waals surface area contributed by atoms with E-state index in [9.17, 15) is 0 Å². The summed E-state index contributed by atoms with van der Waals surface area (Å²) in [5, 5.41) is 0. The Bertz CT molecular complexity index is 760. The Labute approximate surface area is 196 Å². The van der Waals surface area contributed by atoms with Gasteiger partial charge >= 0.3 is 0 Å². The summed E-state index contributed by atoms with van der Waals surface area (Å²) in [6, 6.07) is 33.9. The van der Waals surface area contributed by atoms with Crippen LogP contribution in [0.4, 0.5) is 17.1 Å². The molecule has 1 heteroatoms. The molecule has 0 aliphatic carbocycles. The molecule has 32 heavy (non-hydrogen) atoms. The quantitative estimate of drug-likeness (QED) is 0.177. The summed E-state index contributed by atoms with van der Waals surface area (Å²) in [6.07, 6.45) is 13.3.